The molecule has 2 aromatic heterocycles. The molecule has 1 fully saturated rings. The number of carbonyl (C=O) groups is 1. The number of ether oxygens (including phenoxy) is 1. The van der Waals surface area contributed by atoms with Gasteiger partial charge in [0, 0.05) is 39.4 Å². The highest BCUT2D eigenvalue weighted by Gasteiger charge is 2.27. The van der Waals surface area contributed by atoms with Crippen molar-refractivity contribution in [3.63, 3.8) is 0 Å². The second-order valence-electron chi connectivity index (χ2n) is 6.94. The first-order chi connectivity index (χ1) is 11.3. The second kappa shape index (κ2) is 6.18. The lowest BCUT2D eigenvalue weighted by molar-refractivity contribution is 0.0240. The molecule has 0 aliphatic carbocycles. The summed E-state index contributed by atoms with van der Waals surface area (Å²) in [6.07, 6.45) is 1.71. The molecule has 1 aliphatic rings. The summed E-state index contributed by atoms with van der Waals surface area (Å²) in [5, 5.41) is 7.29. The fourth-order valence-electron chi connectivity index (χ4n) is 2.63. The number of nitrogens with one attached hydrogen (secondary N) is 1. The summed E-state index contributed by atoms with van der Waals surface area (Å²) < 4.78 is 7.40. The van der Waals surface area contributed by atoms with Gasteiger partial charge in [0.15, 0.2) is 5.82 Å². The molecule has 1 N–H and O–H groups in total. The van der Waals surface area contributed by atoms with E-state index in [0.717, 1.165) is 11.5 Å². The number of hydrogen-bond donors (Lipinski definition) is 1. The molecule has 1 aliphatic heterocycles. The molecule has 0 atom stereocenters. The molecule has 8 heteroatoms. The second-order valence-corrected chi connectivity index (χ2v) is 6.94. The van der Waals surface area contributed by atoms with Gasteiger partial charge in [-0.05, 0) is 32.9 Å². The van der Waals surface area contributed by atoms with Crippen LogP contribution in [-0.2, 0) is 11.8 Å². The Kier molecular flexibility index (Phi) is 4.21. The molecule has 2 aromatic rings. The zero-order valence-corrected chi connectivity index (χ0v) is 14.6. The predicted octanol–water partition coefficient (Wildman–Crippen LogP) is 1.87. The van der Waals surface area contributed by atoms with Crippen LogP contribution in [0.2, 0.25) is 0 Å². The molecular weight excluding hydrogens is 308 g/mol. The van der Waals surface area contributed by atoms with E-state index in [-0.39, 0.29) is 6.09 Å². The van der Waals surface area contributed by atoms with Crippen LogP contribution in [0.4, 0.5) is 10.7 Å². The highest BCUT2D eigenvalue weighted by molar-refractivity contribution is 5.68. The molecule has 3 heterocycles. The average Bonchev–Trinajstić information content (AvgIpc) is 3.14. The minimum absolute atomic E-state index is 0.262. The summed E-state index contributed by atoms with van der Waals surface area (Å²) in [7, 11) is 1.97. The lowest BCUT2D eigenvalue weighted by Gasteiger charge is -2.35. The van der Waals surface area contributed by atoms with E-state index in [2.05, 4.69) is 20.1 Å². The maximum absolute atomic E-state index is 12.1. The quantitative estimate of drug-likeness (QED) is 0.908. The summed E-state index contributed by atoms with van der Waals surface area (Å²) in [6, 6.07) is 3.96. The zero-order valence-electron chi connectivity index (χ0n) is 14.6. The van der Waals surface area contributed by atoms with Gasteiger partial charge >= 0.3 is 6.09 Å². The summed E-state index contributed by atoms with van der Waals surface area (Å²) in [4.78, 5) is 20.5. The van der Waals surface area contributed by atoms with Crippen molar-refractivity contribution in [1.29, 1.82) is 0 Å². The number of aromatic nitrogens is 4. The number of aryl methyl sites for hydroxylation is 1. The van der Waals surface area contributed by atoms with Gasteiger partial charge in [-0.25, -0.2) is 4.79 Å². The largest absolute Gasteiger partial charge is 0.444 e. The van der Waals surface area contributed by atoms with Gasteiger partial charge in [-0.3, -0.25) is 5.10 Å². The standard InChI is InChI=1S/C16H24N6O2/c1-16(2,3)24-15(23)22-10-8-21(9-11-22)14-17-13(18-19-14)12-6-5-7-20(12)4/h5-7H,8-11H2,1-4H3,(H,17,18,19). The van der Waals surface area contributed by atoms with Crippen LogP contribution in [0.3, 0.4) is 0 Å². The van der Waals surface area contributed by atoms with E-state index in [1.165, 1.54) is 0 Å². The molecule has 0 bridgehead atoms. The summed E-state index contributed by atoms with van der Waals surface area (Å²) >= 11 is 0. The Morgan fingerprint density at radius 1 is 1.25 bits per heavy atom. The van der Waals surface area contributed by atoms with Crippen LogP contribution in [0.15, 0.2) is 18.3 Å². The van der Waals surface area contributed by atoms with Gasteiger partial charge < -0.3 is 19.1 Å². The fraction of sp³-hybridized carbons (Fsp3) is 0.562. The van der Waals surface area contributed by atoms with Crippen molar-refractivity contribution in [3.8, 4) is 11.5 Å². The number of H-pyrrole nitrogens is 1. The van der Waals surface area contributed by atoms with Crippen LogP contribution in [0.25, 0.3) is 11.5 Å². The molecule has 8 nitrogen and oxygen atoms in total. The molecular formula is C16H24N6O2. The predicted molar refractivity (Wildman–Crippen MR) is 90.8 cm³/mol. The van der Waals surface area contributed by atoms with Crippen LogP contribution in [-0.4, -0.2) is 62.5 Å². The number of nitrogens with zero attached hydrogens (tertiary/aromatic N) is 5. The summed E-state index contributed by atoms with van der Waals surface area (Å²) in [5.74, 6) is 1.40. The number of piperazine rings is 1. The first-order valence-electron chi connectivity index (χ1n) is 8.10. The van der Waals surface area contributed by atoms with Gasteiger partial charge in [-0.1, -0.05) is 0 Å². The van der Waals surface area contributed by atoms with Crippen molar-refractivity contribution >= 4 is 12.0 Å². The average molecular weight is 332 g/mol. The molecule has 24 heavy (non-hydrogen) atoms. The van der Waals surface area contributed by atoms with Crippen molar-refractivity contribution in [1.82, 2.24) is 24.6 Å². The molecule has 130 valence electrons. The van der Waals surface area contributed by atoms with E-state index in [0.29, 0.717) is 32.1 Å². The number of carbonyl (C=O) groups excluding carboxylic acids is 1. The monoisotopic (exact) mass is 332 g/mol. The van der Waals surface area contributed by atoms with Crippen LogP contribution in [0, 0.1) is 0 Å². The third-order valence-electron chi connectivity index (χ3n) is 3.87. The smallest absolute Gasteiger partial charge is 0.410 e. The van der Waals surface area contributed by atoms with E-state index in [4.69, 9.17) is 4.74 Å². The fourth-order valence-corrected chi connectivity index (χ4v) is 2.63. The normalized spacial score (nSPS) is 15.7. The number of hydrogen-bond acceptors (Lipinski definition) is 5. The van der Waals surface area contributed by atoms with Crippen molar-refractivity contribution in [3.05, 3.63) is 18.3 Å². The van der Waals surface area contributed by atoms with Crippen LogP contribution < -0.4 is 4.90 Å². The maximum Gasteiger partial charge on any atom is 0.410 e. The highest BCUT2D eigenvalue weighted by Crippen LogP contribution is 2.19. The van der Waals surface area contributed by atoms with Crippen molar-refractivity contribution < 1.29 is 9.53 Å². The first kappa shape index (κ1) is 16.4. The number of anilines is 1. The third kappa shape index (κ3) is 3.52. The van der Waals surface area contributed by atoms with Crippen LogP contribution >= 0.6 is 0 Å². The van der Waals surface area contributed by atoms with Crippen molar-refractivity contribution in [2.75, 3.05) is 31.1 Å². The minimum Gasteiger partial charge on any atom is -0.444 e. The highest BCUT2D eigenvalue weighted by atomic mass is 16.6. The van der Waals surface area contributed by atoms with Crippen molar-refractivity contribution in [2.45, 2.75) is 26.4 Å². The Morgan fingerprint density at radius 3 is 2.54 bits per heavy atom. The Bertz CT molecular complexity index is 706. The minimum atomic E-state index is -0.470. The molecule has 0 radical (unpaired) electrons. The summed E-state index contributed by atoms with van der Waals surface area (Å²) in [5.41, 5.74) is 0.517. The number of rotatable bonds is 2. The number of amides is 1. The molecule has 0 aromatic carbocycles. The molecule has 1 saturated heterocycles. The Balaban J connectivity index is 1.60. The van der Waals surface area contributed by atoms with Gasteiger partial charge in [0.25, 0.3) is 0 Å². The first-order valence-corrected chi connectivity index (χ1v) is 8.10. The molecule has 0 saturated carbocycles. The Labute approximate surface area is 141 Å². The van der Waals surface area contributed by atoms with E-state index in [9.17, 15) is 4.79 Å². The van der Waals surface area contributed by atoms with Crippen molar-refractivity contribution in [2.24, 2.45) is 7.05 Å². The van der Waals surface area contributed by atoms with Crippen LogP contribution in [0.1, 0.15) is 20.8 Å². The van der Waals surface area contributed by atoms with Gasteiger partial charge in [0.1, 0.15) is 5.60 Å². The Hall–Kier alpha value is -2.51. The zero-order chi connectivity index (χ0) is 17.3. The molecule has 3 rings (SSSR count). The number of aromatic amines is 1. The SMILES string of the molecule is Cn1cccc1-c1nc(N2CCN(C(=O)OC(C)(C)C)CC2)n[nH]1. The van der Waals surface area contributed by atoms with Gasteiger partial charge in [-0.2, -0.15) is 4.98 Å². The third-order valence-corrected chi connectivity index (χ3v) is 3.87. The van der Waals surface area contributed by atoms with Crippen LogP contribution in [0.5, 0.6) is 0 Å². The molecule has 0 spiro atoms. The van der Waals surface area contributed by atoms with E-state index >= 15 is 0 Å². The van der Waals surface area contributed by atoms with E-state index < -0.39 is 5.60 Å². The van der Waals surface area contributed by atoms with Gasteiger partial charge in [-0.15, -0.1) is 5.10 Å². The lowest BCUT2D eigenvalue weighted by atomic mass is 10.2. The maximum atomic E-state index is 12.1. The van der Waals surface area contributed by atoms with E-state index in [1.54, 1.807) is 4.90 Å². The lowest BCUT2D eigenvalue weighted by Crippen LogP contribution is -2.50. The van der Waals surface area contributed by atoms with E-state index in [1.807, 2.05) is 50.7 Å². The van der Waals surface area contributed by atoms with Gasteiger partial charge in [0.2, 0.25) is 5.95 Å². The Morgan fingerprint density at radius 2 is 1.96 bits per heavy atom. The van der Waals surface area contributed by atoms with Gasteiger partial charge in [0.05, 0.1) is 5.69 Å². The summed E-state index contributed by atoms with van der Waals surface area (Å²) in [6.45, 7) is 8.19. The molecule has 0 unspecified atom stereocenters. The molecule has 1 amide bonds. The topological polar surface area (TPSA) is 79.3 Å².